The highest BCUT2D eigenvalue weighted by atomic mass is 79.9. The van der Waals surface area contributed by atoms with Crippen molar-refractivity contribution in [2.24, 2.45) is 5.73 Å². The minimum Gasteiger partial charge on any atom is -0.495 e. The highest BCUT2D eigenvalue weighted by Gasteiger charge is 2.07. The van der Waals surface area contributed by atoms with E-state index < -0.39 is 5.91 Å². The molecule has 0 aliphatic carbocycles. The van der Waals surface area contributed by atoms with Crippen LogP contribution in [0.1, 0.15) is 16.1 Å². The molecule has 1 heterocycles. The highest BCUT2D eigenvalue weighted by molar-refractivity contribution is 9.10. The van der Waals surface area contributed by atoms with Gasteiger partial charge in [-0.3, -0.25) is 4.79 Å². The monoisotopic (exact) mass is 350 g/mol. The number of methoxy groups -OCH3 is 1. The van der Waals surface area contributed by atoms with Crippen LogP contribution in [0.3, 0.4) is 0 Å². The van der Waals surface area contributed by atoms with Gasteiger partial charge < -0.3 is 15.8 Å². The molecule has 2 rings (SSSR count). The number of carbonyl (C=O) groups is 1. The number of hydrogen-bond donors (Lipinski definition) is 2. The molecule has 0 atom stereocenters. The average Bonchev–Trinajstić information content (AvgIpc) is 2.48. The Labute approximate surface area is 130 Å². The zero-order valence-electron chi connectivity index (χ0n) is 11.5. The number of halogens is 1. The van der Waals surface area contributed by atoms with Crippen LogP contribution in [-0.4, -0.2) is 29.8 Å². The molecule has 0 fully saturated rings. The van der Waals surface area contributed by atoms with Crippen molar-refractivity contribution in [3.05, 3.63) is 46.1 Å². The molecule has 0 bridgehead atoms. The summed E-state index contributed by atoms with van der Waals surface area (Å²) < 4.78 is 6.29. The molecule has 0 radical (unpaired) electrons. The van der Waals surface area contributed by atoms with Crippen LogP contribution in [0.5, 0.6) is 5.75 Å². The van der Waals surface area contributed by atoms with Gasteiger partial charge in [0, 0.05) is 6.54 Å². The molecule has 0 spiro atoms. The summed E-state index contributed by atoms with van der Waals surface area (Å²) in [7, 11) is 1.64. The number of nitrogens with zero attached hydrogens (tertiary/aromatic N) is 2. The van der Waals surface area contributed by atoms with E-state index in [-0.39, 0.29) is 5.69 Å². The van der Waals surface area contributed by atoms with Gasteiger partial charge in [-0.15, -0.1) is 10.2 Å². The largest absolute Gasteiger partial charge is 0.495 e. The predicted molar refractivity (Wildman–Crippen MR) is 83.4 cm³/mol. The van der Waals surface area contributed by atoms with Crippen LogP contribution in [0.2, 0.25) is 0 Å². The molecule has 0 aliphatic rings. The second-order valence-corrected chi connectivity index (χ2v) is 5.13. The van der Waals surface area contributed by atoms with Crippen LogP contribution in [0.4, 0.5) is 5.82 Å². The van der Waals surface area contributed by atoms with Crippen molar-refractivity contribution in [2.75, 3.05) is 19.0 Å². The molecule has 1 aromatic heterocycles. The Hall–Kier alpha value is -2.15. The summed E-state index contributed by atoms with van der Waals surface area (Å²) in [6.45, 7) is 0.664. The normalized spacial score (nSPS) is 10.2. The van der Waals surface area contributed by atoms with Crippen LogP contribution in [0.25, 0.3) is 0 Å². The molecule has 2 aromatic rings. The molecule has 6 nitrogen and oxygen atoms in total. The Bertz CT molecular complexity index is 631. The van der Waals surface area contributed by atoms with E-state index in [1.807, 2.05) is 18.2 Å². The first-order valence-electron chi connectivity index (χ1n) is 6.30. The van der Waals surface area contributed by atoms with Gasteiger partial charge in [-0.2, -0.15) is 0 Å². The van der Waals surface area contributed by atoms with Crippen molar-refractivity contribution in [3.63, 3.8) is 0 Å². The van der Waals surface area contributed by atoms with E-state index in [1.54, 1.807) is 13.2 Å². The Morgan fingerprint density at radius 2 is 2.14 bits per heavy atom. The van der Waals surface area contributed by atoms with E-state index in [1.165, 1.54) is 6.07 Å². The second kappa shape index (κ2) is 7.03. The fraction of sp³-hybridized carbons (Fsp3) is 0.214. The first-order chi connectivity index (χ1) is 10.1. The molecular weight excluding hydrogens is 336 g/mol. The maximum Gasteiger partial charge on any atom is 0.269 e. The van der Waals surface area contributed by atoms with E-state index in [0.717, 1.165) is 22.2 Å². The van der Waals surface area contributed by atoms with Crippen LogP contribution >= 0.6 is 15.9 Å². The molecule has 0 saturated heterocycles. The minimum atomic E-state index is -0.590. The second-order valence-electron chi connectivity index (χ2n) is 4.28. The Balaban J connectivity index is 1.95. The summed E-state index contributed by atoms with van der Waals surface area (Å²) in [4.78, 5) is 10.9. The zero-order chi connectivity index (χ0) is 15.2. The SMILES string of the molecule is COc1c(Br)cccc1CCNc1ccc(C(N)=O)nn1. The number of benzene rings is 1. The lowest BCUT2D eigenvalue weighted by atomic mass is 10.1. The van der Waals surface area contributed by atoms with E-state index in [9.17, 15) is 4.79 Å². The van der Waals surface area contributed by atoms with Crippen LogP contribution in [0.15, 0.2) is 34.8 Å². The molecule has 1 aromatic carbocycles. The molecule has 1 amide bonds. The first-order valence-corrected chi connectivity index (χ1v) is 7.10. The van der Waals surface area contributed by atoms with Crippen molar-refractivity contribution in [3.8, 4) is 5.75 Å². The molecule has 110 valence electrons. The first kappa shape index (κ1) is 15.2. The smallest absolute Gasteiger partial charge is 0.269 e. The third-order valence-electron chi connectivity index (χ3n) is 2.87. The third kappa shape index (κ3) is 3.91. The molecule has 0 aliphatic heterocycles. The van der Waals surface area contributed by atoms with Gasteiger partial charge in [-0.1, -0.05) is 12.1 Å². The third-order valence-corrected chi connectivity index (χ3v) is 3.49. The van der Waals surface area contributed by atoms with Gasteiger partial charge in [-0.05, 0) is 46.1 Å². The molecule has 0 saturated carbocycles. The number of aromatic nitrogens is 2. The summed E-state index contributed by atoms with van der Waals surface area (Å²) >= 11 is 3.45. The number of rotatable bonds is 6. The van der Waals surface area contributed by atoms with Crippen molar-refractivity contribution in [1.29, 1.82) is 0 Å². The molecular formula is C14H15BrN4O2. The van der Waals surface area contributed by atoms with Crippen molar-refractivity contribution in [1.82, 2.24) is 10.2 Å². The minimum absolute atomic E-state index is 0.147. The Morgan fingerprint density at radius 3 is 2.76 bits per heavy atom. The van der Waals surface area contributed by atoms with Gasteiger partial charge in [-0.25, -0.2) is 0 Å². The van der Waals surface area contributed by atoms with Gasteiger partial charge in [0.1, 0.15) is 11.6 Å². The average molecular weight is 351 g/mol. The summed E-state index contributed by atoms with van der Waals surface area (Å²) in [6, 6.07) is 9.11. The molecule has 7 heteroatoms. The van der Waals surface area contributed by atoms with Crippen molar-refractivity contribution in [2.45, 2.75) is 6.42 Å². The standard InChI is InChI=1S/C14H15BrN4O2/c1-21-13-9(3-2-4-10(13)15)7-8-17-12-6-5-11(14(16)20)18-19-12/h2-6H,7-8H2,1H3,(H2,16,20)(H,17,19). The lowest BCUT2D eigenvalue weighted by Crippen LogP contribution is -2.14. The summed E-state index contributed by atoms with van der Waals surface area (Å²) in [5.41, 5.74) is 6.34. The van der Waals surface area contributed by atoms with E-state index >= 15 is 0 Å². The van der Waals surface area contributed by atoms with Crippen molar-refractivity contribution < 1.29 is 9.53 Å². The van der Waals surface area contributed by atoms with Gasteiger partial charge in [0.05, 0.1) is 11.6 Å². The Morgan fingerprint density at radius 1 is 1.33 bits per heavy atom. The predicted octanol–water partition coefficient (Wildman–Crippen LogP) is 2.00. The van der Waals surface area contributed by atoms with E-state index in [2.05, 4.69) is 31.4 Å². The number of para-hydroxylation sites is 1. The van der Waals surface area contributed by atoms with E-state index in [4.69, 9.17) is 10.5 Å². The van der Waals surface area contributed by atoms with Gasteiger partial charge in [0.25, 0.3) is 5.91 Å². The summed E-state index contributed by atoms with van der Waals surface area (Å²) in [5, 5.41) is 10.8. The molecule has 0 unspecified atom stereocenters. The fourth-order valence-electron chi connectivity index (χ4n) is 1.86. The quantitative estimate of drug-likeness (QED) is 0.831. The number of amides is 1. The number of anilines is 1. The van der Waals surface area contributed by atoms with Gasteiger partial charge in [0.15, 0.2) is 5.69 Å². The Kier molecular flexibility index (Phi) is 5.10. The number of nitrogens with one attached hydrogen (secondary N) is 1. The summed E-state index contributed by atoms with van der Waals surface area (Å²) in [6.07, 6.45) is 0.766. The maximum atomic E-state index is 10.9. The zero-order valence-corrected chi connectivity index (χ0v) is 13.1. The van der Waals surface area contributed by atoms with Crippen LogP contribution in [-0.2, 0) is 6.42 Å². The number of hydrogen-bond acceptors (Lipinski definition) is 5. The number of ether oxygens (including phenoxy) is 1. The van der Waals surface area contributed by atoms with Gasteiger partial charge >= 0.3 is 0 Å². The topological polar surface area (TPSA) is 90.1 Å². The lowest BCUT2D eigenvalue weighted by molar-refractivity contribution is 0.0994. The number of nitrogens with two attached hydrogens (primary N) is 1. The molecule has 3 N–H and O–H groups in total. The van der Waals surface area contributed by atoms with Crippen LogP contribution < -0.4 is 15.8 Å². The lowest BCUT2D eigenvalue weighted by Gasteiger charge is -2.11. The fourth-order valence-corrected chi connectivity index (χ4v) is 2.43. The van der Waals surface area contributed by atoms with E-state index in [0.29, 0.717) is 12.4 Å². The molecule has 21 heavy (non-hydrogen) atoms. The summed E-state index contributed by atoms with van der Waals surface area (Å²) in [5.74, 6) is 0.830. The maximum absolute atomic E-state index is 10.9. The highest BCUT2D eigenvalue weighted by Crippen LogP contribution is 2.28. The van der Waals surface area contributed by atoms with Crippen LogP contribution in [0, 0.1) is 0 Å². The van der Waals surface area contributed by atoms with Gasteiger partial charge in [0.2, 0.25) is 0 Å². The number of carbonyl (C=O) groups excluding carboxylic acids is 1. The number of primary amides is 1. The van der Waals surface area contributed by atoms with Crippen molar-refractivity contribution >= 4 is 27.7 Å².